The number of carbonyl (C=O) groups is 3. The van der Waals surface area contributed by atoms with E-state index < -0.39 is 17.9 Å². The van der Waals surface area contributed by atoms with Gasteiger partial charge >= 0.3 is 17.9 Å². The molecule has 0 saturated heterocycles. The molecule has 0 heterocycles. The lowest BCUT2D eigenvalue weighted by Crippen LogP contribution is -2.04. The first-order chi connectivity index (χ1) is 14.0. The molecule has 0 spiro atoms. The van der Waals surface area contributed by atoms with Crippen LogP contribution in [0.1, 0.15) is 16.7 Å². The maximum absolute atomic E-state index is 11.9. The Labute approximate surface area is 168 Å². The van der Waals surface area contributed by atoms with Crippen LogP contribution in [-0.4, -0.2) is 17.9 Å². The van der Waals surface area contributed by atoms with E-state index >= 15 is 0 Å². The molecule has 0 aromatic heterocycles. The Kier molecular flexibility index (Phi) is 8.13. The molecule has 0 amide bonds. The summed E-state index contributed by atoms with van der Waals surface area (Å²) in [5.74, 6) is -1.14. The minimum atomic E-state index is -0.528. The van der Waals surface area contributed by atoms with Crippen LogP contribution in [0.25, 0.3) is 6.08 Å². The van der Waals surface area contributed by atoms with Crippen molar-refractivity contribution in [1.29, 1.82) is 0 Å². The van der Waals surface area contributed by atoms with Gasteiger partial charge in [0.1, 0.15) is 19.0 Å². The molecule has 0 aliphatic rings. The molecule has 6 heteroatoms. The van der Waals surface area contributed by atoms with Crippen molar-refractivity contribution in [3.8, 4) is 5.75 Å². The van der Waals surface area contributed by atoms with Gasteiger partial charge in [0.2, 0.25) is 0 Å². The van der Waals surface area contributed by atoms with Crippen LogP contribution >= 0.6 is 0 Å². The van der Waals surface area contributed by atoms with Crippen LogP contribution in [0.4, 0.5) is 0 Å². The highest BCUT2D eigenvalue weighted by atomic mass is 16.5. The average Bonchev–Trinajstić information content (AvgIpc) is 2.76. The molecule has 0 saturated carbocycles. The van der Waals surface area contributed by atoms with Crippen molar-refractivity contribution >= 4 is 24.0 Å². The molecule has 0 radical (unpaired) electrons. The minimum absolute atomic E-state index is 0.113. The fourth-order valence-electron chi connectivity index (χ4n) is 2.12. The van der Waals surface area contributed by atoms with Crippen molar-refractivity contribution in [2.24, 2.45) is 0 Å². The van der Waals surface area contributed by atoms with Crippen LogP contribution in [0.15, 0.2) is 79.9 Å². The third kappa shape index (κ3) is 7.68. The Bertz CT molecular complexity index is 907. The molecule has 0 atom stereocenters. The van der Waals surface area contributed by atoms with E-state index in [-0.39, 0.29) is 13.2 Å². The monoisotopic (exact) mass is 392 g/mol. The van der Waals surface area contributed by atoms with Crippen LogP contribution < -0.4 is 4.74 Å². The lowest BCUT2D eigenvalue weighted by molar-refractivity contribution is -0.139. The summed E-state index contributed by atoms with van der Waals surface area (Å²) in [7, 11) is 0. The highest BCUT2D eigenvalue weighted by Crippen LogP contribution is 2.14. The van der Waals surface area contributed by atoms with E-state index in [0.717, 1.165) is 28.8 Å². The Balaban J connectivity index is 1.84. The van der Waals surface area contributed by atoms with Gasteiger partial charge in [-0.15, -0.1) is 0 Å². The molecule has 29 heavy (non-hydrogen) atoms. The second-order valence-corrected chi connectivity index (χ2v) is 5.76. The predicted molar refractivity (Wildman–Crippen MR) is 108 cm³/mol. The van der Waals surface area contributed by atoms with Gasteiger partial charge in [-0.3, -0.25) is 0 Å². The normalized spacial score (nSPS) is 10.2. The summed E-state index contributed by atoms with van der Waals surface area (Å²) in [6.07, 6.45) is 5.12. The molecule has 0 bridgehead atoms. The lowest BCUT2D eigenvalue weighted by Gasteiger charge is -2.05. The first kappa shape index (κ1) is 21.4. The summed E-state index contributed by atoms with van der Waals surface area (Å²) in [6, 6.07) is 13.8. The summed E-state index contributed by atoms with van der Waals surface area (Å²) in [6.45, 7) is 6.92. The molecule has 148 valence electrons. The van der Waals surface area contributed by atoms with Gasteiger partial charge in [-0.05, 0) is 34.9 Å². The fraction of sp³-hybridized carbons (Fsp3) is 0.0870. The Hall–Kier alpha value is -3.93. The Morgan fingerprint density at radius 1 is 0.724 bits per heavy atom. The molecule has 6 nitrogen and oxygen atoms in total. The zero-order valence-corrected chi connectivity index (χ0v) is 15.7. The molecule has 2 rings (SSSR count). The number of esters is 3. The molecule has 0 N–H and O–H groups in total. The van der Waals surface area contributed by atoms with Gasteiger partial charge in [0.25, 0.3) is 0 Å². The summed E-state index contributed by atoms with van der Waals surface area (Å²) in [5, 5.41) is 0. The van der Waals surface area contributed by atoms with Crippen molar-refractivity contribution in [2.75, 3.05) is 0 Å². The van der Waals surface area contributed by atoms with E-state index in [1.807, 2.05) is 0 Å². The molecule has 0 aliphatic carbocycles. The molecule has 0 fully saturated rings. The van der Waals surface area contributed by atoms with Crippen molar-refractivity contribution in [2.45, 2.75) is 13.2 Å². The highest BCUT2D eigenvalue weighted by Gasteiger charge is 2.03. The van der Waals surface area contributed by atoms with Gasteiger partial charge in [0.15, 0.2) is 0 Å². The summed E-state index contributed by atoms with van der Waals surface area (Å²) < 4.78 is 15.1. The van der Waals surface area contributed by atoms with E-state index in [1.54, 1.807) is 54.6 Å². The number of carbonyl (C=O) groups excluding carboxylic acids is 3. The van der Waals surface area contributed by atoms with Gasteiger partial charge < -0.3 is 14.2 Å². The lowest BCUT2D eigenvalue weighted by atomic mass is 10.1. The summed E-state index contributed by atoms with van der Waals surface area (Å²) in [4.78, 5) is 34.0. The van der Waals surface area contributed by atoms with Crippen molar-refractivity contribution in [1.82, 2.24) is 0 Å². The van der Waals surface area contributed by atoms with E-state index in [4.69, 9.17) is 14.2 Å². The van der Waals surface area contributed by atoms with Gasteiger partial charge in [0.05, 0.1) is 0 Å². The van der Waals surface area contributed by atoms with Crippen LogP contribution in [0, 0.1) is 0 Å². The highest BCUT2D eigenvalue weighted by molar-refractivity contribution is 5.88. The number of hydrogen-bond donors (Lipinski definition) is 0. The van der Waals surface area contributed by atoms with Gasteiger partial charge in [-0.25, -0.2) is 14.4 Å². The third-order valence-electron chi connectivity index (χ3n) is 3.63. The zero-order chi connectivity index (χ0) is 21.1. The van der Waals surface area contributed by atoms with E-state index in [0.29, 0.717) is 5.75 Å². The van der Waals surface area contributed by atoms with E-state index in [1.165, 1.54) is 6.08 Å². The average molecular weight is 392 g/mol. The largest absolute Gasteiger partial charge is 0.458 e. The maximum atomic E-state index is 11.9. The smallest absolute Gasteiger partial charge is 0.336 e. The second-order valence-electron chi connectivity index (χ2n) is 5.76. The number of ether oxygens (including phenoxy) is 3. The maximum Gasteiger partial charge on any atom is 0.336 e. The van der Waals surface area contributed by atoms with Crippen molar-refractivity contribution < 1.29 is 28.6 Å². The molecule has 0 aliphatic heterocycles. The first-order valence-corrected chi connectivity index (χ1v) is 8.66. The molecule has 2 aromatic rings. The molecule has 0 unspecified atom stereocenters. The van der Waals surface area contributed by atoms with Crippen LogP contribution in [0.5, 0.6) is 5.75 Å². The SMILES string of the molecule is C=CC(=O)OCc1ccc(C=CC(=O)Oc2ccc(COC(=O)C=C)cc2)cc1. The topological polar surface area (TPSA) is 78.9 Å². The van der Waals surface area contributed by atoms with E-state index in [2.05, 4.69) is 13.2 Å². The number of benzene rings is 2. The van der Waals surface area contributed by atoms with Gasteiger partial charge in [0, 0.05) is 18.2 Å². The van der Waals surface area contributed by atoms with Gasteiger partial charge in [-0.1, -0.05) is 49.6 Å². The summed E-state index contributed by atoms with van der Waals surface area (Å²) in [5.41, 5.74) is 2.37. The van der Waals surface area contributed by atoms with Crippen LogP contribution in [0.3, 0.4) is 0 Å². The Morgan fingerprint density at radius 2 is 1.21 bits per heavy atom. The molecular formula is C23H20O6. The third-order valence-corrected chi connectivity index (χ3v) is 3.63. The summed E-state index contributed by atoms with van der Waals surface area (Å²) >= 11 is 0. The standard InChI is InChI=1S/C23H20O6/c1-3-21(24)27-15-18-7-5-17(6-8-18)11-14-23(26)29-20-12-9-19(10-13-20)16-28-22(25)4-2/h3-14H,1-2,15-16H2. The Morgan fingerprint density at radius 3 is 1.69 bits per heavy atom. The fourth-order valence-corrected chi connectivity index (χ4v) is 2.12. The number of rotatable bonds is 9. The predicted octanol–water partition coefficient (Wildman–Crippen LogP) is 3.76. The van der Waals surface area contributed by atoms with Gasteiger partial charge in [-0.2, -0.15) is 0 Å². The number of hydrogen-bond acceptors (Lipinski definition) is 6. The van der Waals surface area contributed by atoms with Crippen molar-refractivity contribution in [3.05, 3.63) is 96.6 Å². The van der Waals surface area contributed by atoms with E-state index in [9.17, 15) is 14.4 Å². The zero-order valence-electron chi connectivity index (χ0n) is 15.7. The first-order valence-electron chi connectivity index (χ1n) is 8.66. The quantitative estimate of drug-likeness (QED) is 0.367. The van der Waals surface area contributed by atoms with Crippen LogP contribution in [-0.2, 0) is 37.1 Å². The molecule has 2 aromatic carbocycles. The minimum Gasteiger partial charge on any atom is -0.458 e. The van der Waals surface area contributed by atoms with Crippen molar-refractivity contribution in [3.63, 3.8) is 0 Å². The second kappa shape index (κ2) is 11.0. The van der Waals surface area contributed by atoms with Crippen LogP contribution in [0.2, 0.25) is 0 Å². The molecular weight excluding hydrogens is 372 g/mol.